The topological polar surface area (TPSA) is 105 Å². The lowest BCUT2D eigenvalue weighted by Crippen LogP contribution is -2.42. The number of nitrogens with zero attached hydrogens (tertiary/aromatic N) is 3. The maximum atomic E-state index is 11.9. The molecule has 0 radical (unpaired) electrons. The first-order valence-electron chi connectivity index (χ1n) is 8.11. The van der Waals surface area contributed by atoms with E-state index in [1.54, 1.807) is 18.9 Å². The first-order valence-corrected chi connectivity index (χ1v) is 8.11. The van der Waals surface area contributed by atoms with Gasteiger partial charge in [-0.3, -0.25) is 9.69 Å². The Morgan fingerprint density at radius 3 is 2.68 bits per heavy atom. The Labute approximate surface area is 147 Å². The minimum atomic E-state index is -0.513. The van der Waals surface area contributed by atoms with E-state index in [-0.39, 0.29) is 29.8 Å². The monoisotopic (exact) mass is 341 g/mol. The first kappa shape index (κ1) is 18.5. The summed E-state index contributed by atoms with van der Waals surface area (Å²) in [6.45, 7) is 5.61. The number of carbonyl (C=O) groups excluding carboxylic acids is 1. The highest BCUT2D eigenvalue weighted by molar-refractivity contribution is 5.83. The maximum Gasteiger partial charge on any atom is 0.234 e. The van der Waals surface area contributed by atoms with Gasteiger partial charge in [-0.25, -0.2) is 4.98 Å². The number of amides is 1. The number of allylic oxidation sites excluding steroid dienone is 1. The number of rotatable bonds is 6. The van der Waals surface area contributed by atoms with Crippen LogP contribution in [0.5, 0.6) is 0 Å². The number of likely N-dealkylation sites (N-methyl/N-ethyl adjacent to an activating group) is 1. The van der Waals surface area contributed by atoms with Crippen LogP contribution in [0.25, 0.3) is 16.6 Å². The number of hydrogen-bond donors (Lipinski definition) is 3. The Bertz CT molecular complexity index is 798. The first-order chi connectivity index (χ1) is 11.8. The zero-order valence-corrected chi connectivity index (χ0v) is 14.9. The molecule has 0 spiro atoms. The van der Waals surface area contributed by atoms with Crippen molar-refractivity contribution < 1.29 is 9.90 Å². The number of aliphatic hydroxyl groups is 1. The Kier molecular flexibility index (Phi) is 5.78. The minimum Gasteiger partial charge on any atom is -0.509 e. The summed E-state index contributed by atoms with van der Waals surface area (Å²) < 4.78 is 0. The quantitative estimate of drug-likeness (QED) is 0.552. The van der Waals surface area contributed by atoms with Crippen molar-refractivity contribution in [1.82, 2.24) is 20.2 Å². The van der Waals surface area contributed by atoms with Crippen molar-refractivity contribution in [3.05, 3.63) is 35.8 Å². The van der Waals surface area contributed by atoms with Gasteiger partial charge in [-0.1, -0.05) is 12.1 Å². The van der Waals surface area contributed by atoms with Crippen molar-refractivity contribution in [2.75, 3.05) is 13.6 Å². The van der Waals surface area contributed by atoms with Gasteiger partial charge in [-0.05, 0) is 40.0 Å². The molecule has 0 fully saturated rings. The molecule has 0 aliphatic heterocycles. The molecule has 0 aliphatic carbocycles. The average Bonchev–Trinajstić information content (AvgIpc) is 2.97. The summed E-state index contributed by atoms with van der Waals surface area (Å²) in [5, 5.41) is 22.8. The van der Waals surface area contributed by atoms with Crippen molar-refractivity contribution in [2.45, 2.75) is 32.9 Å². The van der Waals surface area contributed by atoms with Gasteiger partial charge >= 0.3 is 0 Å². The van der Waals surface area contributed by atoms with Gasteiger partial charge in [0.1, 0.15) is 17.4 Å². The number of nitrogens with one attached hydrogen (secondary N) is 2. The number of H-pyrrole nitrogens is 1. The molecule has 1 heterocycles. The highest BCUT2D eigenvalue weighted by Gasteiger charge is 2.22. The van der Waals surface area contributed by atoms with Gasteiger partial charge in [0, 0.05) is 6.04 Å². The SMILES string of the molecule is CC(C)NC(=O)CN(C)[C@H](C)/C(O)=C(\C#N)c1nc2ccccc2[nH]1. The number of nitriles is 1. The predicted octanol–water partition coefficient (Wildman–Crippen LogP) is 2.20. The number of imidazole rings is 1. The molecule has 1 amide bonds. The lowest BCUT2D eigenvalue weighted by Gasteiger charge is -2.24. The molecule has 25 heavy (non-hydrogen) atoms. The molecule has 0 aliphatic rings. The van der Waals surface area contributed by atoms with Crippen LogP contribution in [0.4, 0.5) is 0 Å². The summed E-state index contributed by atoms with van der Waals surface area (Å²) in [4.78, 5) is 20.9. The van der Waals surface area contributed by atoms with Crippen LogP contribution in [0.1, 0.15) is 26.6 Å². The lowest BCUT2D eigenvalue weighted by atomic mass is 10.1. The molecule has 0 saturated heterocycles. The second-order valence-electron chi connectivity index (χ2n) is 6.29. The summed E-state index contributed by atoms with van der Waals surface area (Å²) in [5.74, 6) is 0.0499. The molecule has 3 N–H and O–H groups in total. The molecule has 7 heteroatoms. The van der Waals surface area contributed by atoms with Crippen molar-refractivity contribution in [3.8, 4) is 6.07 Å². The smallest absolute Gasteiger partial charge is 0.234 e. The van der Waals surface area contributed by atoms with E-state index in [2.05, 4.69) is 15.3 Å². The fourth-order valence-corrected chi connectivity index (χ4v) is 2.45. The maximum absolute atomic E-state index is 11.9. The molecule has 2 rings (SSSR count). The van der Waals surface area contributed by atoms with E-state index in [1.165, 1.54) is 0 Å². The summed E-state index contributed by atoms with van der Waals surface area (Å²) in [6, 6.07) is 8.94. The van der Waals surface area contributed by atoms with E-state index in [0.29, 0.717) is 5.82 Å². The van der Waals surface area contributed by atoms with E-state index in [9.17, 15) is 15.2 Å². The normalized spacial score (nSPS) is 13.6. The fourth-order valence-electron chi connectivity index (χ4n) is 2.45. The number of aliphatic hydroxyl groups excluding tert-OH is 1. The average molecular weight is 341 g/mol. The number of aromatic nitrogens is 2. The molecular weight excluding hydrogens is 318 g/mol. The van der Waals surface area contributed by atoms with E-state index < -0.39 is 6.04 Å². The molecule has 0 bridgehead atoms. The van der Waals surface area contributed by atoms with E-state index >= 15 is 0 Å². The summed E-state index contributed by atoms with van der Waals surface area (Å²) >= 11 is 0. The molecule has 132 valence electrons. The minimum absolute atomic E-state index is 0.0468. The fraction of sp³-hybridized carbons (Fsp3) is 0.389. The Morgan fingerprint density at radius 1 is 1.40 bits per heavy atom. The summed E-state index contributed by atoms with van der Waals surface area (Å²) in [7, 11) is 1.72. The zero-order valence-electron chi connectivity index (χ0n) is 14.9. The molecule has 7 nitrogen and oxygen atoms in total. The van der Waals surface area contributed by atoms with Gasteiger partial charge < -0.3 is 15.4 Å². The highest BCUT2D eigenvalue weighted by atomic mass is 16.3. The van der Waals surface area contributed by atoms with Crippen molar-refractivity contribution in [2.24, 2.45) is 0 Å². The van der Waals surface area contributed by atoms with Crippen molar-refractivity contribution in [1.29, 1.82) is 5.26 Å². The second-order valence-corrected chi connectivity index (χ2v) is 6.29. The molecule has 1 aromatic heterocycles. The van der Waals surface area contributed by atoms with Gasteiger partial charge in [-0.15, -0.1) is 0 Å². The third kappa shape index (κ3) is 4.37. The Balaban J connectivity index is 2.25. The number of para-hydroxylation sites is 2. The lowest BCUT2D eigenvalue weighted by molar-refractivity contribution is -0.122. The summed E-state index contributed by atoms with van der Waals surface area (Å²) in [6.07, 6.45) is 0. The van der Waals surface area contributed by atoms with Crippen LogP contribution in [-0.4, -0.2) is 51.6 Å². The Morgan fingerprint density at radius 2 is 2.08 bits per heavy atom. The van der Waals surface area contributed by atoms with Crippen LogP contribution in [0.15, 0.2) is 30.0 Å². The number of hydrogen-bond acceptors (Lipinski definition) is 5. The van der Waals surface area contributed by atoms with Gasteiger partial charge in [-0.2, -0.15) is 5.26 Å². The van der Waals surface area contributed by atoms with E-state index in [1.807, 2.05) is 44.2 Å². The van der Waals surface area contributed by atoms with Crippen molar-refractivity contribution in [3.63, 3.8) is 0 Å². The van der Waals surface area contributed by atoms with E-state index in [4.69, 9.17) is 0 Å². The molecule has 0 saturated carbocycles. The highest BCUT2D eigenvalue weighted by Crippen LogP contribution is 2.21. The standard InChI is InChI=1S/C18H23N5O2/c1-11(2)20-16(24)10-23(4)12(3)17(25)13(9-19)18-21-14-7-5-6-8-15(14)22-18/h5-8,11-12,25H,10H2,1-4H3,(H,20,24)(H,21,22)/b17-13-/t12-/m1/s1. The second kappa shape index (κ2) is 7.81. The third-order valence-electron chi connectivity index (χ3n) is 3.89. The van der Waals surface area contributed by atoms with Crippen LogP contribution in [0, 0.1) is 11.3 Å². The van der Waals surface area contributed by atoms with Gasteiger partial charge in [0.25, 0.3) is 0 Å². The number of benzene rings is 1. The van der Waals surface area contributed by atoms with Crippen LogP contribution >= 0.6 is 0 Å². The molecular formula is C18H23N5O2. The zero-order chi connectivity index (χ0) is 18.6. The van der Waals surface area contributed by atoms with Crippen LogP contribution in [0.2, 0.25) is 0 Å². The predicted molar refractivity (Wildman–Crippen MR) is 96.6 cm³/mol. The van der Waals surface area contributed by atoms with Crippen LogP contribution < -0.4 is 5.32 Å². The number of fused-ring (bicyclic) bond motifs is 1. The van der Waals surface area contributed by atoms with Gasteiger partial charge in [0.2, 0.25) is 5.91 Å². The number of carbonyl (C=O) groups is 1. The van der Waals surface area contributed by atoms with Crippen LogP contribution in [0.3, 0.4) is 0 Å². The molecule has 1 atom stereocenters. The van der Waals surface area contributed by atoms with Gasteiger partial charge in [0.05, 0.1) is 23.6 Å². The van der Waals surface area contributed by atoms with E-state index in [0.717, 1.165) is 11.0 Å². The van der Waals surface area contributed by atoms with Gasteiger partial charge in [0.15, 0.2) is 5.82 Å². The molecule has 0 unspecified atom stereocenters. The third-order valence-corrected chi connectivity index (χ3v) is 3.89. The Hall–Kier alpha value is -2.85. The molecule has 1 aromatic carbocycles. The number of aromatic amines is 1. The van der Waals surface area contributed by atoms with Crippen LogP contribution in [-0.2, 0) is 4.79 Å². The van der Waals surface area contributed by atoms with Crippen molar-refractivity contribution >= 4 is 22.5 Å². The molecule has 2 aromatic rings. The summed E-state index contributed by atoms with van der Waals surface area (Å²) in [5.41, 5.74) is 1.57. The largest absolute Gasteiger partial charge is 0.509 e.